The second-order valence-corrected chi connectivity index (χ2v) is 7.75. The maximum Gasteiger partial charge on any atom is 1.00 e. The fourth-order valence-electron chi connectivity index (χ4n) is 2.71. The second-order valence-electron chi connectivity index (χ2n) is 5.50. The van der Waals surface area contributed by atoms with Crippen molar-refractivity contribution in [2.75, 3.05) is 19.0 Å². The number of nitrogens with one attached hydrogen (secondary N) is 1. The minimum absolute atomic E-state index is 0. The van der Waals surface area contributed by atoms with Gasteiger partial charge in [0, 0.05) is 13.5 Å². The molecular formula is C11H19N5Na4O12P2. The Balaban J connectivity index is -0.000000400. The monoisotopic (exact) mass is 567 g/mol. The topological polar surface area (TPSA) is 304 Å². The third-order valence-corrected chi connectivity index (χ3v) is 4.74. The maximum absolute atomic E-state index is 11.0. The minimum atomic E-state index is -5.40. The summed E-state index contributed by atoms with van der Waals surface area (Å²) in [5, 5.41) is 2.83. The van der Waals surface area contributed by atoms with E-state index in [0.29, 0.717) is 17.0 Å². The SMILES string of the molecule is CNc1ncnc2c1ncn2[C@H]1C[C@H](OP(=O)([O-])[O-])[C@@H](COP(=O)([O-])[O-])O1.O.O.O.[Na+].[Na+].[Na+].[Na+]. The van der Waals surface area contributed by atoms with E-state index >= 15 is 0 Å². The Labute approximate surface area is 282 Å². The predicted molar refractivity (Wildman–Crippen MR) is 90.3 cm³/mol. The number of phosphoric ester groups is 2. The van der Waals surface area contributed by atoms with E-state index in [2.05, 4.69) is 29.3 Å². The molecule has 0 aromatic carbocycles. The maximum atomic E-state index is 11.0. The molecule has 1 aliphatic rings. The van der Waals surface area contributed by atoms with Crippen LogP contribution < -0.4 is 143 Å². The normalized spacial score (nSPS) is 18.9. The Bertz CT molecular complexity index is 933. The van der Waals surface area contributed by atoms with Gasteiger partial charge in [-0.3, -0.25) is 4.57 Å². The zero-order valence-corrected chi connectivity index (χ0v) is 28.9. The van der Waals surface area contributed by atoms with Crippen LogP contribution in [0.25, 0.3) is 11.2 Å². The summed E-state index contributed by atoms with van der Waals surface area (Å²) in [6.45, 7) is -0.811. The fourth-order valence-corrected chi connectivity index (χ4v) is 3.59. The molecule has 0 aliphatic carbocycles. The number of phosphoric acid groups is 2. The standard InChI is InChI=1S/C11H17N5O9P2.4Na.3H2O/c1-12-10-9-11(14-4-13-10)16(5-15-9)8-2-6(25-27(20,21)22)7(24-8)3-23-26(17,18)19;;;;;;;/h4-8H,2-3H2,1H3,(H,12,13,14)(H2,17,18,19)(H2,20,21,22);;;;;3*1H2/q;4*+1;;;/p-4/t6-,7+,8+;;;;;;;/m0......./s1. The van der Waals surface area contributed by atoms with Crippen LogP contribution in [-0.2, 0) is 22.9 Å². The van der Waals surface area contributed by atoms with Gasteiger partial charge in [0.2, 0.25) is 0 Å². The van der Waals surface area contributed by atoms with Gasteiger partial charge in [-0.15, -0.1) is 0 Å². The van der Waals surface area contributed by atoms with E-state index in [4.69, 9.17) is 4.74 Å². The first kappa shape index (κ1) is 46.3. The number of anilines is 1. The van der Waals surface area contributed by atoms with Crippen molar-refractivity contribution in [2.24, 2.45) is 0 Å². The fraction of sp³-hybridized carbons (Fsp3) is 0.545. The number of nitrogens with zero attached hydrogens (tertiary/aromatic N) is 4. The molecule has 3 rings (SSSR count). The molecule has 2 aromatic rings. The van der Waals surface area contributed by atoms with Crippen LogP contribution in [0, 0.1) is 0 Å². The number of fused-ring (bicyclic) bond motifs is 1. The van der Waals surface area contributed by atoms with Gasteiger partial charge in [0.05, 0.1) is 34.7 Å². The molecule has 3 atom stereocenters. The summed E-state index contributed by atoms with van der Waals surface area (Å²) < 4.78 is 37.2. The Morgan fingerprint density at radius 2 is 1.65 bits per heavy atom. The Hall–Kier alpha value is 2.41. The summed E-state index contributed by atoms with van der Waals surface area (Å²) in [6, 6.07) is 0. The number of aromatic nitrogens is 4. The van der Waals surface area contributed by atoms with Crippen LogP contribution >= 0.6 is 15.6 Å². The average molecular weight is 567 g/mol. The van der Waals surface area contributed by atoms with Crippen molar-refractivity contribution in [1.82, 2.24) is 19.5 Å². The van der Waals surface area contributed by atoms with Crippen LogP contribution in [0.4, 0.5) is 5.82 Å². The molecule has 0 saturated carbocycles. The van der Waals surface area contributed by atoms with Crippen molar-refractivity contribution in [1.29, 1.82) is 0 Å². The van der Waals surface area contributed by atoms with Crippen molar-refractivity contribution in [3.63, 3.8) is 0 Å². The molecule has 1 saturated heterocycles. The Kier molecular flexibility index (Phi) is 26.5. The molecule has 3 heterocycles. The van der Waals surface area contributed by atoms with Crippen molar-refractivity contribution in [2.45, 2.75) is 24.9 Å². The zero-order chi connectivity index (χ0) is 19.8. The molecule has 34 heavy (non-hydrogen) atoms. The first-order valence-electron chi connectivity index (χ1n) is 7.45. The smallest absolute Gasteiger partial charge is 0.790 e. The zero-order valence-electron chi connectivity index (χ0n) is 19.2. The molecule has 0 radical (unpaired) electrons. The predicted octanol–water partition coefficient (Wildman–Crippen LogP) is -17.2. The van der Waals surface area contributed by atoms with Crippen molar-refractivity contribution in [3.8, 4) is 0 Å². The van der Waals surface area contributed by atoms with Crippen LogP contribution in [0.1, 0.15) is 12.6 Å². The van der Waals surface area contributed by atoms with Crippen LogP contribution in [0.3, 0.4) is 0 Å². The van der Waals surface area contributed by atoms with Gasteiger partial charge >= 0.3 is 118 Å². The van der Waals surface area contributed by atoms with Crippen LogP contribution in [0.5, 0.6) is 0 Å². The van der Waals surface area contributed by atoms with E-state index in [1.807, 2.05) is 0 Å². The third kappa shape index (κ3) is 13.0. The van der Waals surface area contributed by atoms with Crippen LogP contribution in [0.2, 0.25) is 0 Å². The van der Waals surface area contributed by atoms with Gasteiger partial charge in [-0.25, -0.2) is 15.0 Å². The van der Waals surface area contributed by atoms with Gasteiger partial charge in [-0.1, -0.05) is 0 Å². The third-order valence-electron chi connectivity index (χ3n) is 3.75. The van der Waals surface area contributed by atoms with E-state index in [-0.39, 0.29) is 141 Å². The van der Waals surface area contributed by atoms with Crippen LogP contribution in [-0.4, -0.2) is 61.8 Å². The van der Waals surface area contributed by atoms with Gasteiger partial charge in [0.15, 0.2) is 11.5 Å². The molecule has 174 valence electrons. The van der Waals surface area contributed by atoms with Crippen LogP contribution in [0.15, 0.2) is 12.7 Å². The molecule has 0 bridgehead atoms. The molecule has 2 aromatic heterocycles. The van der Waals surface area contributed by atoms with Gasteiger partial charge in [-0.05, 0) is 0 Å². The number of hydrogen-bond acceptors (Lipinski definition) is 13. The summed E-state index contributed by atoms with van der Waals surface area (Å²) in [7, 11) is -9.10. The van der Waals surface area contributed by atoms with Crippen molar-refractivity contribution < 1.29 is 177 Å². The van der Waals surface area contributed by atoms with E-state index in [0.717, 1.165) is 0 Å². The molecule has 0 spiro atoms. The molecule has 1 fully saturated rings. The molecule has 0 amide bonds. The van der Waals surface area contributed by atoms with Crippen molar-refractivity contribution >= 4 is 32.6 Å². The Morgan fingerprint density at radius 3 is 2.15 bits per heavy atom. The summed E-state index contributed by atoms with van der Waals surface area (Å²) >= 11 is 0. The number of rotatable bonds is 7. The van der Waals surface area contributed by atoms with Gasteiger partial charge in [0.1, 0.15) is 24.2 Å². The minimum Gasteiger partial charge on any atom is -0.790 e. The molecule has 23 heteroatoms. The average Bonchev–Trinajstić information content (AvgIpc) is 3.14. The van der Waals surface area contributed by atoms with Gasteiger partial charge in [0.25, 0.3) is 0 Å². The largest absolute Gasteiger partial charge is 1.00 e. The Morgan fingerprint density at radius 1 is 1.06 bits per heavy atom. The first-order valence-corrected chi connectivity index (χ1v) is 10.4. The number of imidazole rings is 1. The van der Waals surface area contributed by atoms with Crippen molar-refractivity contribution in [3.05, 3.63) is 12.7 Å². The quantitative estimate of drug-likeness (QED) is 0.240. The molecule has 1 aliphatic heterocycles. The van der Waals surface area contributed by atoms with Gasteiger partial charge < -0.3 is 64.2 Å². The summed E-state index contributed by atoms with van der Waals surface area (Å²) in [5.41, 5.74) is 0.744. The molecule has 17 nitrogen and oxygen atoms in total. The molecule has 0 unspecified atom stereocenters. The van der Waals surface area contributed by atoms with E-state index < -0.39 is 40.7 Å². The van der Waals surface area contributed by atoms with E-state index in [1.54, 1.807) is 7.05 Å². The second kappa shape index (κ2) is 19.5. The van der Waals surface area contributed by atoms with E-state index in [1.165, 1.54) is 17.2 Å². The summed E-state index contributed by atoms with van der Waals surface area (Å²) in [6.07, 6.45) is -1.10. The first-order chi connectivity index (χ1) is 12.6. The van der Waals surface area contributed by atoms with E-state index in [9.17, 15) is 28.7 Å². The number of hydrogen-bond donors (Lipinski definition) is 1. The summed E-state index contributed by atoms with van der Waals surface area (Å²) in [4.78, 5) is 55.5. The summed E-state index contributed by atoms with van der Waals surface area (Å²) in [5.74, 6) is 0.437. The van der Waals surface area contributed by atoms with Gasteiger partial charge in [-0.2, -0.15) is 0 Å². The molecule has 7 N–H and O–H groups in total. The molecular weight excluding hydrogens is 548 g/mol. The number of ether oxygens (including phenoxy) is 1.